The van der Waals surface area contributed by atoms with Gasteiger partial charge in [-0.2, -0.15) is 0 Å². The maximum atomic E-state index is 12.3. The van der Waals surface area contributed by atoms with Gasteiger partial charge in [0.1, 0.15) is 0 Å². The van der Waals surface area contributed by atoms with Gasteiger partial charge in [-0.05, 0) is 25.0 Å². The lowest BCUT2D eigenvalue weighted by molar-refractivity contribution is -0.133. The normalized spacial score (nSPS) is 15.6. The standard InChI is InChI=1S/C15H22N2O5S/c1-21-13-7-6-12(11-14(13)22-2)23(19,20)16-8-10-17-9-4-3-5-15(17)18/h6-7,11,16H,3-5,8-10H2,1-2H3. The Hall–Kier alpha value is -1.80. The highest BCUT2D eigenvalue weighted by molar-refractivity contribution is 7.89. The van der Waals surface area contributed by atoms with Crippen molar-refractivity contribution in [3.63, 3.8) is 0 Å². The third-order valence-electron chi connectivity index (χ3n) is 3.76. The van der Waals surface area contributed by atoms with Gasteiger partial charge in [-0.15, -0.1) is 0 Å². The van der Waals surface area contributed by atoms with Gasteiger partial charge < -0.3 is 14.4 Å². The summed E-state index contributed by atoms with van der Waals surface area (Å²) < 4.78 is 37.3. The molecule has 7 nitrogen and oxygen atoms in total. The summed E-state index contributed by atoms with van der Waals surface area (Å²) >= 11 is 0. The topological polar surface area (TPSA) is 84.9 Å². The molecule has 1 heterocycles. The van der Waals surface area contributed by atoms with E-state index in [9.17, 15) is 13.2 Å². The van der Waals surface area contributed by atoms with E-state index in [1.165, 1.54) is 26.4 Å². The van der Waals surface area contributed by atoms with Crippen molar-refractivity contribution < 1.29 is 22.7 Å². The van der Waals surface area contributed by atoms with Crippen LogP contribution in [0.4, 0.5) is 0 Å². The van der Waals surface area contributed by atoms with Crippen molar-refractivity contribution in [2.45, 2.75) is 24.2 Å². The van der Waals surface area contributed by atoms with Crippen molar-refractivity contribution in [1.82, 2.24) is 9.62 Å². The molecule has 1 aromatic carbocycles. The summed E-state index contributed by atoms with van der Waals surface area (Å²) in [5, 5.41) is 0. The first-order valence-electron chi connectivity index (χ1n) is 7.47. The maximum absolute atomic E-state index is 12.3. The number of hydrogen-bond acceptors (Lipinski definition) is 5. The van der Waals surface area contributed by atoms with Crippen molar-refractivity contribution >= 4 is 15.9 Å². The molecule has 0 radical (unpaired) electrons. The van der Waals surface area contributed by atoms with Gasteiger partial charge in [0.05, 0.1) is 19.1 Å². The van der Waals surface area contributed by atoms with Crippen LogP contribution in [0.25, 0.3) is 0 Å². The van der Waals surface area contributed by atoms with Crippen LogP contribution in [0, 0.1) is 0 Å². The first-order chi connectivity index (χ1) is 11.0. The lowest BCUT2D eigenvalue weighted by atomic mass is 10.1. The number of benzene rings is 1. The molecule has 0 atom stereocenters. The summed E-state index contributed by atoms with van der Waals surface area (Å²) in [7, 11) is -0.726. The molecule has 1 N–H and O–H groups in total. The third-order valence-corrected chi connectivity index (χ3v) is 5.22. The van der Waals surface area contributed by atoms with E-state index in [1.54, 1.807) is 11.0 Å². The van der Waals surface area contributed by atoms with E-state index in [0.717, 1.165) is 12.8 Å². The number of carbonyl (C=O) groups excluding carboxylic acids is 1. The number of rotatable bonds is 7. The fourth-order valence-corrected chi connectivity index (χ4v) is 3.52. The molecule has 1 aliphatic heterocycles. The molecule has 0 bridgehead atoms. The smallest absolute Gasteiger partial charge is 0.240 e. The molecule has 2 rings (SSSR count). The summed E-state index contributed by atoms with van der Waals surface area (Å²) in [5.41, 5.74) is 0. The number of ether oxygens (including phenoxy) is 2. The van der Waals surface area contributed by atoms with Gasteiger partial charge in [0, 0.05) is 32.1 Å². The number of carbonyl (C=O) groups is 1. The van der Waals surface area contributed by atoms with Crippen LogP contribution in [-0.2, 0) is 14.8 Å². The second-order valence-corrected chi connectivity index (χ2v) is 7.02. The Kier molecular flexibility index (Phi) is 5.84. The van der Waals surface area contributed by atoms with Crippen molar-refractivity contribution in [3.05, 3.63) is 18.2 Å². The monoisotopic (exact) mass is 342 g/mol. The minimum Gasteiger partial charge on any atom is -0.493 e. The number of piperidine rings is 1. The number of nitrogens with one attached hydrogen (secondary N) is 1. The SMILES string of the molecule is COc1ccc(S(=O)(=O)NCCN2CCCCC2=O)cc1OC. The van der Waals surface area contributed by atoms with Gasteiger partial charge in [-0.25, -0.2) is 13.1 Å². The highest BCUT2D eigenvalue weighted by atomic mass is 32.2. The molecule has 128 valence electrons. The number of sulfonamides is 1. The largest absolute Gasteiger partial charge is 0.493 e. The first kappa shape index (κ1) is 17.6. The van der Waals surface area contributed by atoms with Crippen LogP contribution in [0.15, 0.2) is 23.1 Å². The maximum Gasteiger partial charge on any atom is 0.240 e. The molecule has 8 heteroatoms. The van der Waals surface area contributed by atoms with Gasteiger partial charge in [-0.3, -0.25) is 4.79 Å². The van der Waals surface area contributed by atoms with Crippen LogP contribution in [0.3, 0.4) is 0 Å². The zero-order chi connectivity index (χ0) is 16.9. The van der Waals surface area contributed by atoms with Gasteiger partial charge in [0.2, 0.25) is 15.9 Å². The predicted octanol–water partition coefficient (Wildman–Crippen LogP) is 0.995. The molecule has 1 aromatic rings. The minimum absolute atomic E-state index is 0.0848. The molecule has 0 saturated carbocycles. The zero-order valence-corrected chi connectivity index (χ0v) is 14.2. The molecular weight excluding hydrogens is 320 g/mol. The number of nitrogens with zero attached hydrogens (tertiary/aromatic N) is 1. The van der Waals surface area contributed by atoms with Gasteiger partial charge in [0.25, 0.3) is 0 Å². The quantitative estimate of drug-likeness (QED) is 0.799. The van der Waals surface area contributed by atoms with E-state index in [2.05, 4.69) is 4.72 Å². The molecular formula is C15H22N2O5S. The number of amides is 1. The Morgan fingerprint density at radius 1 is 1.17 bits per heavy atom. The number of likely N-dealkylation sites (tertiary alicyclic amines) is 1. The average Bonchev–Trinajstić information content (AvgIpc) is 2.55. The Labute approximate surface area is 136 Å². The van der Waals surface area contributed by atoms with Gasteiger partial charge >= 0.3 is 0 Å². The van der Waals surface area contributed by atoms with E-state index in [1.807, 2.05) is 0 Å². The van der Waals surface area contributed by atoms with Crippen molar-refractivity contribution in [2.75, 3.05) is 33.9 Å². The lowest BCUT2D eigenvalue weighted by Crippen LogP contribution is -2.41. The van der Waals surface area contributed by atoms with Crippen LogP contribution in [0.1, 0.15) is 19.3 Å². The molecule has 1 fully saturated rings. The third kappa shape index (κ3) is 4.35. The fourth-order valence-electron chi connectivity index (χ4n) is 2.48. The van der Waals surface area contributed by atoms with Crippen molar-refractivity contribution in [3.8, 4) is 11.5 Å². The number of methoxy groups -OCH3 is 2. The summed E-state index contributed by atoms with van der Waals surface area (Å²) in [4.78, 5) is 13.5. The molecule has 23 heavy (non-hydrogen) atoms. The van der Waals surface area contributed by atoms with Crippen LogP contribution in [-0.4, -0.2) is 53.1 Å². The van der Waals surface area contributed by atoms with E-state index in [0.29, 0.717) is 31.0 Å². The highest BCUT2D eigenvalue weighted by Gasteiger charge is 2.20. The van der Waals surface area contributed by atoms with Crippen LogP contribution in [0.2, 0.25) is 0 Å². The Morgan fingerprint density at radius 2 is 1.91 bits per heavy atom. The number of hydrogen-bond donors (Lipinski definition) is 1. The van der Waals surface area contributed by atoms with Gasteiger partial charge in [0.15, 0.2) is 11.5 Å². The van der Waals surface area contributed by atoms with Crippen molar-refractivity contribution in [1.29, 1.82) is 0 Å². The molecule has 0 unspecified atom stereocenters. The molecule has 0 spiro atoms. The van der Waals surface area contributed by atoms with E-state index < -0.39 is 10.0 Å². The summed E-state index contributed by atoms with van der Waals surface area (Å²) in [6.07, 6.45) is 2.42. The zero-order valence-electron chi connectivity index (χ0n) is 13.4. The first-order valence-corrected chi connectivity index (χ1v) is 8.95. The Morgan fingerprint density at radius 3 is 2.57 bits per heavy atom. The van der Waals surface area contributed by atoms with Crippen LogP contribution in [0.5, 0.6) is 11.5 Å². The fraction of sp³-hybridized carbons (Fsp3) is 0.533. The molecule has 1 amide bonds. The van der Waals surface area contributed by atoms with Crippen LogP contribution < -0.4 is 14.2 Å². The summed E-state index contributed by atoms with van der Waals surface area (Å²) in [6, 6.07) is 4.41. The predicted molar refractivity (Wildman–Crippen MR) is 85.2 cm³/mol. The van der Waals surface area contributed by atoms with Crippen molar-refractivity contribution in [2.24, 2.45) is 0 Å². The van der Waals surface area contributed by atoms with E-state index in [-0.39, 0.29) is 17.3 Å². The average molecular weight is 342 g/mol. The molecule has 1 saturated heterocycles. The summed E-state index contributed by atoms with van der Waals surface area (Å²) in [6.45, 7) is 1.25. The molecule has 0 aliphatic carbocycles. The highest BCUT2D eigenvalue weighted by Crippen LogP contribution is 2.29. The van der Waals surface area contributed by atoms with Crippen LogP contribution >= 0.6 is 0 Å². The lowest BCUT2D eigenvalue weighted by Gasteiger charge is -2.26. The van der Waals surface area contributed by atoms with E-state index in [4.69, 9.17) is 9.47 Å². The Balaban J connectivity index is 2.00. The van der Waals surface area contributed by atoms with E-state index >= 15 is 0 Å². The molecule has 1 aliphatic rings. The second kappa shape index (κ2) is 7.65. The summed E-state index contributed by atoms with van der Waals surface area (Å²) in [5.74, 6) is 0.897. The molecule has 0 aromatic heterocycles. The Bertz CT molecular complexity index is 660. The van der Waals surface area contributed by atoms with Gasteiger partial charge in [-0.1, -0.05) is 0 Å². The minimum atomic E-state index is -3.66. The second-order valence-electron chi connectivity index (χ2n) is 5.25.